The van der Waals surface area contributed by atoms with Crippen LogP contribution in [0.2, 0.25) is 0 Å². The molecule has 0 heterocycles. The minimum Gasteiger partial charge on any atom is -0.504 e. The highest BCUT2D eigenvalue weighted by Gasteiger charge is 2.09. The topological polar surface area (TPSA) is 55.8 Å². The summed E-state index contributed by atoms with van der Waals surface area (Å²) < 4.78 is 11.1. The molecule has 0 atom stereocenters. The van der Waals surface area contributed by atoms with Gasteiger partial charge in [0.2, 0.25) is 0 Å². The van der Waals surface area contributed by atoms with E-state index in [1.807, 2.05) is 0 Å². The lowest BCUT2D eigenvalue weighted by Gasteiger charge is -2.23. The van der Waals surface area contributed by atoms with Crippen LogP contribution in [0.4, 0.5) is 0 Å². The molecule has 5 nitrogen and oxygen atoms in total. The number of aryl methyl sites for hydroxylation is 1. The number of ether oxygens (including phenoxy) is 2. The minimum absolute atomic E-state index is 0.101. The van der Waals surface area contributed by atoms with Gasteiger partial charge in [0.1, 0.15) is 0 Å². The van der Waals surface area contributed by atoms with Gasteiger partial charge in [-0.25, -0.2) is 0 Å². The van der Waals surface area contributed by atoms with Crippen LogP contribution in [0.25, 0.3) is 0 Å². The third-order valence-electron chi connectivity index (χ3n) is 3.10. The van der Waals surface area contributed by atoms with Crippen molar-refractivity contribution in [3.63, 3.8) is 0 Å². The summed E-state index contributed by atoms with van der Waals surface area (Å²) in [6.07, 6.45) is 1.77. The monoisotopic (exact) mass is 296 g/mol. The molecule has 0 aliphatic carbocycles. The van der Waals surface area contributed by atoms with Crippen molar-refractivity contribution in [3.8, 4) is 11.5 Å². The lowest BCUT2D eigenvalue weighted by Crippen LogP contribution is -2.35. The van der Waals surface area contributed by atoms with Crippen LogP contribution in [-0.4, -0.2) is 57.0 Å². The Hall–Kier alpha value is -1.75. The van der Waals surface area contributed by atoms with Crippen LogP contribution in [0.3, 0.4) is 0 Å². The van der Waals surface area contributed by atoms with Crippen molar-refractivity contribution in [2.24, 2.45) is 0 Å². The molecule has 0 aliphatic rings. The molecule has 1 N–H and O–H groups in total. The van der Waals surface area contributed by atoms with Crippen LogP contribution in [-0.2, 0) is 16.0 Å². The van der Waals surface area contributed by atoms with Gasteiger partial charge < -0.3 is 19.1 Å². The SMILES string of the molecule is COc1cc(CCC(=O)OCCC[N+](C)(C)C)ccc1O. The molecule has 0 radical (unpaired) electrons. The van der Waals surface area contributed by atoms with E-state index in [0.717, 1.165) is 23.0 Å². The van der Waals surface area contributed by atoms with Crippen LogP contribution < -0.4 is 4.74 Å². The van der Waals surface area contributed by atoms with E-state index in [1.165, 1.54) is 7.11 Å². The third kappa shape index (κ3) is 6.99. The first-order valence-corrected chi connectivity index (χ1v) is 7.14. The van der Waals surface area contributed by atoms with Gasteiger partial charge in [-0.3, -0.25) is 4.79 Å². The number of phenols is 1. The fraction of sp³-hybridized carbons (Fsp3) is 0.562. The number of quaternary nitrogens is 1. The maximum absolute atomic E-state index is 11.7. The number of nitrogens with zero attached hydrogens (tertiary/aromatic N) is 1. The highest BCUT2D eigenvalue weighted by atomic mass is 16.5. The second-order valence-electron chi connectivity index (χ2n) is 6.09. The van der Waals surface area contributed by atoms with E-state index in [2.05, 4.69) is 21.1 Å². The lowest BCUT2D eigenvalue weighted by atomic mass is 10.1. The Kier molecular flexibility index (Phi) is 6.49. The third-order valence-corrected chi connectivity index (χ3v) is 3.10. The Morgan fingerprint density at radius 3 is 2.62 bits per heavy atom. The van der Waals surface area contributed by atoms with E-state index in [0.29, 0.717) is 25.2 Å². The smallest absolute Gasteiger partial charge is 0.306 e. The Balaban J connectivity index is 2.30. The van der Waals surface area contributed by atoms with Crippen LogP contribution in [0.15, 0.2) is 18.2 Å². The van der Waals surface area contributed by atoms with E-state index in [9.17, 15) is 9.90 Å². The number of hydrogen-bond donors (Lipinski definition) is 1. The first-order valence-electron chi connectivity index (χ1n) is 7.14. The summed E-state index contributed by atoms with van der Waals surface area (Å²) in [7, 11) is 7.83. The van der Waals surface area contributed by atoms with E-state index < -0.39 is 0 Å². The van der Waals surface area contributed by atoms with Gasteiger partial charge in [-0.15, -0.1) is 0 Å². The van der Waals surface area contributed by atoms with Gasteiger partial charge in [-0.1, -0.05) is 6.07 Å². The molecule has 0 amide bonds. The first-order chi connectivity index (χ1) is 9.81. The largest absolute Gasteiger partial charge is 0.504 e. The zero-order chi connectivity index (χ0) is 15.9. The summed E-state index contributed by atoms with van der Waals surface area (Å²) in [5.41, 5.74) is 0.938. The molecule has 1 aromatic rings. The van der Waals surface area contributed by atoms with Crippen LogP contribution in [0.1, 0.15) is 18.4 Å². The number of benzene rings is 1. The van der Waals surface area contributed by atoms with E-state index in [-0.39, 0.29) is 11.7 Å². The number of phenolic OH excluding ortho intramolecular Hbond substituents is 1. The molecular weight excluding hydrogens is 270 g/mol. The van der Waals surface area contributed by atoms with Crippen LogP contribution in [0.5, 0.6) is 11.5 Å². The minimum atomic E-state index is -0.191. The van der Waals surface area contributed by atoms with E-state index in [4.69, 9.17) is 9.47 Å². The van der Waals surface area contributed by atoms with Gasteiger partial charge >= 0.3 is 5.97 Å². The second-order valence-corrected chi connectivity index (χ2v) is 6.09. The normalized spacial score (nSPS) is 11.2. The maximum atomic E-state index is 11.7. The molecule has 0 saturated carbocycles. The van der Waals surface area contributed by atoms with Crippen molar-refractivity contribution in [2.75, 3.05) is 41.4 Å². The van der Waals surface area contributed by atoms with Gasteiger partial charge in [-0.2, -0.15) is 0 Å². The van der Waals surface area contributed by atoms with E-state index >= 15 is 0 Å². The highest BCUT2D eigenvalue weighted by Crippen LogP contribution is 2.26. The number of rotatable bonds is 8. The number of aromatic hydroxyl groups is 1. The molecule has 0 aliphatic heterocycles. The molecule has 0 saturated heterocycles. The average molecular weight is 296 g/mol. The predicted octanol–water partition coefficient (Wildman–Crippen LogP) is 1.97. The van der Waals surface area contributed by atoms with Crippen molar-refractivity contribution in [3.05, 3.63) is 23.8 Å². The number of hydrogen-bond acceptors (Lipinski definition) is 4. The zero-order valence-electron chi connectivity index (χ0n) is 13.4. The number of carbonyl (C=O) groups excluding carboxylic acids is 1. The van der Waals surface area contributed by atoms with Gasteiger partial charge in [-0.05, 0) is 24.1 Å². The summed E-state index contributed by atoms with van der Waals surface area (Å²) in [4.78, 5) is 11.7. The first kappa shape index (κ1) is 17.3. The Morgan fingerprint density at radius 2 is 2.00 bits per heavy atom. The van der Waals surface area contributed by atoms with E-state index in [1.54, 1.807) is 18.2 Å². The quantitative estimate of drug-likeness (QED) is 0.453. The van der Waals surface area contributed by atoms with Crippen molar-refractivity contribution in [1.29, 1.82) is 0 Å². The molecular formula is C16H26NO4+. The molecule has 0 fully saturated rings. The average Bonchev–Trinajstić information content (AvgIpc) is 2.41. The van der Waals surface area contributed by atoms with Crippen LogP contribution >= 0.6 is 0 Å². The van der Waals surface area contributed by atoms with Crippen molar-refractivity contribution >= 4 is 5.97 Å². The summed E-state index contributed by atoms with van der Waals surface area (Å²) in [5.74, 6) is 0.330. The molecule has 0 spiro atoms. The number of methoxy groups -OCH3 is 1. The Labute approximate surface area is 126 Å². The zero-order valence-corrected chi connectivity index (χ0v) is 13.4. The fourth-order valence-electron chi connectivity index (χ4n) is 1.92. The molecule has 1 aromatic carbocycles. The van der Waals surface area contributed by atoms with Gasteiger partial charge in [0.25, 0.3) is 0 Å². The summed E-state index contributed by atoms with van der Waals surface area (Å²) in [5, 5.41) is 9.50. The summed E-state index contributed by atoms with van der Waals surface area (Å²) in [6.45, 7) is 1.44. The maximum Gasteiger partial charge on any atom is 0.306 e. The van der Waals surface area contributed by atoms with Crippen molar-refractivity contribution in [2.45, 2.75) is 19.3 Å². The van der Waals surface area contributed by atoms with Gasteiger partial charge in [0, 0.05) is 12.8 Å². The molecule has 0 bridgehead atoms. The number of esters is 1. The molecule has 21 heavy (non-hydrogen) atoms. The Morgan fingerprint density at radius 1 is 1.29 bits per heavy atom. The molecule has 1 rings (SSSR count). The van der Waals surface area contributed by atoms with Crippen LogP contribution in [0, 0.1) is 0 Å². The van der Waals surface area contributed by atoms with Crippen molar-refractivity contribution in [1.82, 2.24) is 0 Å². The number of carbonyl (C=O) groups is 1. The standard InChI is InChI=1S/C16H25NO4/c1-17(2,3)10-5-11-21-16(19)9-7-13-6-8-14(18)15(12-13)20-4/h6,8,12H,5,7,9-11H2,1-4H3/p+1. The second kappa shape index (κ2) is 7.88. The van der Waals surface area contributed by atoms with Gasteiger partial charge in [0.05, 0.1) is 41.4 Å². The van der Waals surface area contributed by atoms with Crippen molar-refractivity contribution < 1.29 is 23.9 Å². The molecule has 118 valence electrons. The predicted molar refractivity (Wildman–Crippen MR) is 81.5 cm³/mol. The summed E-state index contributed by atoms with van der Waals surface area (Å²) in [6, 6.07) is 5.09. The summed E-state index contributed by atoms with van der Waals surface area (Å²) >= 11 is 0. The van der Waals surface area contributed by atoms with Gasteiger partial charge in [0.15, 0.2) is 11.5 Å². The molecule has 0 aromatic heterocycles. The molecule has 0 unspecified atom stereocenters. The highest BCUT2D eigenvalue weighted by molar-refractivity contribution is 5.69. The molecule has 5 heteroatoms. The Bertz CT molecular complexity index is 466. The lowest BCUT2D eigenvalue weighted by molar-refractivity contribution is -0.870. The fourth-order valence-corrected chi connectivity index (χ4v) is 1.92.